The van der Waals surface area contributed by atoms with Crippen LogP contribution >= 0.6 is 11.8 Å². The molecule has 25 heavy (non-hydrogen) atoms. The van der Waals surface area contributed by atoms with Crippen molar-refractivity contribution < 1.29 is 18.8 Å². The van der Waals surface area contributed by atoms with Crippen molar-refractivity contribution in [2.45, 2.75) is 49.9 Å². The number of thioether (sulfide) groups is 1. The Labute approximate surface area is 152 Å². The molecule has 0 aliphatic carbocycles. The van der Waals surface area contributed by atoms with Gasteiger partial charge in [-0.15, -0.1) is 11.8 Å². The highest BCUT2D eigenvalue weighted by molar-refractivity contribution is 7.98. The zero-order valence-electron chi connectivity index (χ0n) is 14.6. The Bertz CT molecular complexity index is 702. The lowest BCUT2D eigenvalue weighted by atomic mass is 10.1. The number of ether oxygens (including phenoxy) is 2. The van der Waals surface area contributed by atoms with E-state index in [1.54, 1.807) is 17.8 Å². The molecule has 0 N–H and O–H groups in total. The second-order valence-electron chi connectivity index (χ2n) is 6.17. The molecule has 1 aromatic carbocycles. The summed E-state index contributed by atoms with van der Waals surface area (Å²) < 4.78 is 16.3. The fourth-order valence-electron chi connectivity index (χ4n) is 2.80. The SMILES string of the molecule is Cc1noc(C)c1CSc1ccccc1C(=O)OC[C@@H]1CCCCO1. The maximum Gasteiger partial charge on any atom is 0.339 e. The van der Waals surface area contributed by atoms with Gasteiger partial charge in [0, 0.05) is 22.8 Å². The van der Waals surface area contributed by atoms with E-state index in [1.807, 2.05) is 32.0 Å². The van der Waals surface area contributed by atoms with Crippen molar-refractivity contribution in [1.82, 2.24) is 5.16 Å². The molecule has 1 atom stereocenters. The number of carbonyl (C=O) groups is 1. The zero-order valence-corrected chi connectivity index (χ0v) is 15.4. The lowest BCUT2D eigenvalue weighted by Crippen LogP contribution is -2.26. The van der Waals surface area contributed by atoms with Crippen molar-refractivity contribution in [2.75, 3.05) is 13.2 Å². The number of benzene rings is 1. The molecule has 1 aromatic heterocycles. The van der Waals surface area contributed by atoms with Gasteiger partial charge in [0.05, 0.1) is 17.4 Å². The van der Waals surface area contributed by atoms with E-state index < -0.39 is 0 Å². The van der Waals surface area contributed by atoms with E-state index in [4.69, 9.17) is 14.0 Å². The third-order valence-electron chi connectivity index (χ3n) is 4.33. The molecule has 5 nitrogen and oxygen atoms in total. The van der Waals surface area contributed by atoms with Crippen LogP contribution in [-0.2, 0) is 15.2 Å². The monoisotopic (exact) mass is 361 g/mol. The van der Waals surface area contributed by atoms with E-state index in [2.05, 4.69) is 5.16 Å². The first kappa shape index (κ1) is 18.0. The number of rotatable bonds is 6. The summed E-state index contributed by atoms with van der Waals surface area (Å²) in [7, 11) is 0. The first-order valence-electron chi connectivity index (χ1n) is 8.57. The molecular weight excluding hydrogens is 338 g/mol. The van der Waals surface area contributed by atoms with Crippen molar-refractivity contribution >= 4 is 17.7 Å². The summed E-state index contributed by atoms with van der Waals surface area (Å²) in [6.45, 7) is 4.91. The van der Waals surface area contributed by atoms with Crippen molar-refractivity contribution in [3.63, 3.8) is 0 Å². The van der Waals surface area contributed by atoms with Crippen LogP contribution in [0.15, 0.2) is 33.7 Å². The second-order valence-corrected chi connectivity index (χ2v) is 7.19. The zero-order chi connectivity index (χ0) is 17.6. The van der Waals surface area contributed by atoms with Gasteiger partial charge >= 0.3 is 5.97 Å². The molecule has 2 aromatic rings. The minimum Gasteiger partial charge on any atom is -0.459 e. The summed E-state index contributed by atoms with van der Waals surface area (Å²) in [6.07, 6.45) is 3.20. The van der Waals surface area contributed by atoms with Gasteiger partial charge in [0.1, 0.15) is 12.4 Å². The number of aryl methyl sites for hydroxylation is 2. The van der Waals surface area contributed by atoms with Crippen molar-refractivity contribution in [1.29, 1.82) is 0 Å². The van der Waals surface area contributed by atoms with Gasteiger partial charge in [-0.3, -0.25) is 0 Å². The lowest BCUT2D eigenvalue weighted by molar-refractivity contribution is -0.0301. The molecule has 2 heterocycles. The summed E-state index contributed by atoms with van der Waals surface area (Å²) in [5.41, 5.74) is 2.55. The smallest absolute Gasteiger partial charge is 0.339 e. The summed E-state index contributed by atoms with van der Waals surface area (Å²) in [4.78, 5) is 13.4. The van der Waals surface area contributed by atoms with Crippen LogP contribution in [0, 0.1) is 13.8 Å². The number of carbonyl (C=O) groups excluding carboxylic acids is 1. The van der Waals surface area contributed by atoms with Gasteiger partial charge < -0.3 is 14.0 Å². The van der Waals surface area contributed by atoms with Crippen LogP contribution in [0.5, 0.6) is 0 Å². The fraction of sp³-hybridized carbons (Fsp3) is 0.474. The van der Waals surface area contributed by atoms with Gasteiger partial charge in [-0.1, -0.05) is 17.3 Å². The minimum atomic E-state index is -0.295. The molecule has 0 bridgehead atoms. The summed E-state index contributed by atoms with van der Waals surface area (Å²) in [5, 5.41) is 3.97. The lowest BCUT2D eigenvalue weighted by Gasteiger charge is -2.22. The molecule has 3 rings (SSSR count). The third-order valence-corrected chi connectivity index (χ3v) is 5.43. The fourth-order valence-corrected chi connectivity index (χ4v) is 4.00. The molecule has 6 heteroatoms. The minimum absolute atomic E-state index is 0.0276. The molecule has 134 valence electrons. The maximum absolute atomic E-state index is 12.5. The Hall–Kier alpha value is -1.79. The van der Waals surface area contributed by atoms with Crippen molar-refractivity contribution in [3.05, 3.63) is 46.8 Å². The van der Waals surface area contributed by atoms with E-state index in [0.29, 0.717) is 17.9 Å². The molecule has 0 saturated carbocycles. The van der Waals surface area contributed by atoms with Crippen molar-refractivity contribution in [2.24, 2.45) is 0 Å². The van der Waals surface area contributed by atoms with Crippen LogP contribution in [-0.4, -0.2) is 30.4 Å². The Morgan fingerprint density at radius 3 is 2.88 bits per heavy atom. The van der Waals surface area contributed by atoms with Crippen LogP contribution in [0.2, 0.25) is 0 Å². The van der Waals surface area contributed by atoms with Gasteiger partial charge in [-0.2, -0.15) is 0 Å². The molecule has 1 fully saturated rings. The van der Waals surface area contributed by atoms with Crippen LogP contribution in [0.1, 0.15) is 46.6 Å². The van der Waals surface area contributed by atoms with Crippen LogP contribution < -0.4 is 0 Å². The normalized spacial score (nSPS) is 17.4. The highest BCUT2D eigenvalue weighted by Crippen LogP contribution is 2.29. The Morgan fingerprint density at radius 1 is 1.32 bits per heavy atom. The first-order chi connectivity index (χ1) is 12.1. The largest absolute Gasteiger partial charge is 0.459 e. The second kappa shape index (κ2) is 8.54. The number of nitrogens with zero attached hydrogens (tertiary/aromatic N) is 1. The predicted octanol–water partition coefficient (Wildman–Crippen LogP) is 4.31. The van der Waals surface area contributed by atoms with Gasteiger partial charge in [0.2, 0.25) is 0 Å². The summed E-state index contributed by atoms with van der Waals surface area (Å²) >= 11 is 1.59. The van der Waals surface area contributed by atoms with E-state index in [0.717, 1.165) is 47.8 Å². The molecule has 0 amide bonds. The van der Waals surface area contributed by atoms with E-state index in [9.17, 15) is 4.79 Å². The summed E-state index contributed by atoms with van der Waals surface area (Å²) in [6, 6.07) is 7.53. The predicted molar refractivity (Wildman–Crippen MR) is 95.9 cm³/mol. The first-order valence-corrected chi connectivity index (χ1v) is 9.56. The Balaban J connectivity index is 1.62. The van der Waals surface area contributed by atoms with Crippen LogP contribution in [0.4, 0.5) is 0 Å². The average molecular weight is 361 g/mol. The molecule has 1 aliphatic rings. The number of hydrogen-bond acceptors (Lipinski definition) is 6. The number of esters is 1. The topological polar surface area (TPSA) is 61.6 Å². The van der Waals surface area contributed by atoms with Crippen molar-refractivity contribution in [3.8, 4) is 0 Å². The number of hydrogen-bond donors (Lipinski definition) is 0. The molecule has 0 unspecified atom stereocenters. The highest BCUT2D eigenvalue weighted by atomic mass is 32.2. The number of aromatic nitrogens is 1. The molecule has 0 spiro atoms. The Kier molecular flexibility index (Phi) is 6.15. The molecular formula is C19H23NO4S. The standard InChI is InChI=1S/C19H23NO4S/c1-13-17(14(2)24-20-13)12-25-18-9-4-3-8-16(18)19(21)23-11-15-7-5-6-10-22-15/h3-4,8-9,15H,5-7,10-12H2,1-2H3/t15-/m0/s1. The van der Waals surface area contributed by atoms with Crippen LogP contribution in [0.3, 0.4) is 0 Å². The van der Waals surface area contributed by atoms with E-state index in [-0.39, 0.29) is 12.1 Å². The maximum atomic E-state index is 12.5. The average Bonchev–Trinajstić information content (AvgIpc) is 2.97. The van der Waals surface area contributed by atoms with Gasteiger partial charge in [-0.05, 0) is 45.2 Å². The summed E-state index contributed by atoms with van der Waals surface area (Å²) in [5.74, 6) is 1.23. The third kappa shape index (κ3) is 4.64. The van der Waals surface area contributed by atoms with E-state index >= 15 is 0 Å². The quantitative estimate of drug-likeness (QED) is 0.564. The van der Waals surface area contributed by atoms with Gasteiger partial charge in [-0.25, -0.2) is 4.79 Å². The van der Waals surface area contributed by atoms with Gasteiger partial charge in [0.15, 0.2) is 0 Å². The Morgan fingerprint density at radius 2 is 2.16 bits per heavy atom. The molecule has 1 aliphatic heterocycles. The molecule has 0 radical (unpaired) electrons. The van der Waals surface area contributed by atoms with E-state index in [1.165, 1.54) is 0 Å². The van der Waals surface area contributed by atoms with Gasteiger partial charge in [0.25, 0.3) is 0 Å². The highest BCUT2D eigenvalue weighted by Gasteiger charge is 2.19. The van der Waals surface area contributed by atoms with Crippen LogP contribution in [0.25, 0.3) is 0 Å². The molecule has 1 saturated heterocycles.